The molecule has 0 amide bonds. The predicted molar refractivity (Wildman–Crippen MR) is 247 cm³/mol. The van der Waals surface area contributed by atoms with Crippen LogP contribution in [0.25, 0.3) is 22.1 Å². The SMILES string of the molecule is C[C@H](O)CNc1nc(Oc2ccc(F)cc2F)nc2c1cnn2COCCC[SiH](C)C.C[C@H](O)CNc1nc(S(C)(=O)=O)nc2c1cnn2COCCC[SiH](C)C.Oc1ccc(F)cc1F. The average Bonchev–Trinajstić information content (AvgIpc) is 3.85. The van der Waals surface area contributed by atoms with Gasteiger partial charge in [0.2, 0.25) is 9.84 Å². The number of phenolic OH excluding ortho intramolecular Hbond substituents is 1. The van der Waals surface area contributed by atoms with Crippen LogP contribution in [0.1, 0.15) is 26.7 Å². The van der Waals surface area contributed by atoms with Crippen molar-refractivity contribution in [1.82, 2.24) is 39.5 Å². The molecule has 0 spiro atoms. The predicted octanol–water partition coefficient (Wildman–Crippen LogP) is 6.08. The van der Waals surface area contributed by atoms with Crippen LogP contribution in [-0.4, -0.2) is 126 Å². The number of ether oxygens (including phenoxy) is 3. The first-order valence-electron chi connectivity index (χ1n) is 21.1. The first-order chi connectivity index (χ1) is 31.2. The number of aromatic nitrogens is 8. The molecule has 0 saturated carbocycles. The topological polar surface area (TPSA) is 234 Å². The van der Waals surface area contributed by atoms with Crippen molar-refractivity contribution in [2.75, 3.05) is 43.2 Å². The molecule has 2 aromatic carbocycles. The molecule has 5 N–H and O–H groups in total. The Kier molecular flexibility index (Phi) is 20.6. The maximum atomic E-state index is 14.0. The number of aliphatic hydroxyl groups excluding tert-OH is 2. The van der Waals surface area contributed by atoms with E-state index < -0.39 is 68.7 Å². The maximum absolute atomic E-state index is 14.0. The second-order valence-electron chi connectivity index (χ2n) is 16.1. The van der Waals surface area contributed by atoms with Crippen molar-refractivity contribution in [3.63, 3.8) is 0 Å². The lowest BCUT2D eigenvalue weighted by Crippen LogP contribution is -2.17. The van der Waals surface area contributed by atoms with Crippen molar-refractivity contribution in [3.05, 3.63) is 72.1 Å². The van der Waals surface area contributed by atoms with E-state index in [-0.39, 0.29) is 43.5 Å². The van der Waals surface area contributed by atoms with E-state index in [1.54, 1.807) is 30.9 Å². The minimum Gasteiger partial charge on any atom is -0.505 e. The van der Waals surface area contributed by atoms with Crippen LogP contribution in [0.3, 0.4) is 0 Å². The summed E-state index contributed by atoms with van der Waals surface area (Å²) in [4.78, 5) is 16.8. The van der Waals surface area contributed by atoms with Crippen LogP contribution in [0, 0.1) is 23.3 Å². The van der Waals surface area contributed by atoms with Gasteiger partial charge in [0, 0.05) is 62.3 Å². The third-order valence-corrected chi connectivity index (χ3v) is 13.0. The number of nitrogens with zero attached hydrogens (tertiary/aromatic N) is 8. The highest BCUT2D eigenvalue weighted by atomic mass is 32.2. The van der Waals surface area contributed by atoms with E-state index in [4.69, 9.17) is 19.3 Å². The highest BCUT2D eigenvalue weighted by molar-refractivity contribution is 7.90. The Balaban J connectivity index is 0.000000245. The van der Waals surface area contributed by atoms with Gasteiger partial charge in [-0.15, -0.1) is 0 Å². The Morgan fingerprint density at radius 1 is 0.712 bits per heavy atom. The van der Waals surface area contributed by atoms with Crippen molar-refractivity contribution in [1.29, 1.82) is 0 Å². The van der Waals surface area contributed by atoms with E-state index in [9.17, 15) is 36.2 Å². The number of hydrogen-bond donors (Lipinski definition) is 5. The lowest BCUT2D eigenvalue weighted by molar-refractivity contribution is 0.0717. The van der Waals surface area contributed by atoms with Gasteiger partial charge < -0.3 is 40.2 Å². The zero-order chi connectivity index (χ0) is 48.6. The largest absolute Gasteiger partial charge is 0.505 e. The number of fused-ring (bicyclic) bond motifs is 2. The van der Waals surface area contributed by atoms with Crippen LogP contribution in [0.2, 0.25) is 38.3 Å². The second-order valence-corrected chi connectivity index (χ2v) is 24.8. The molecular weight excluding hydrogens is 925 g/mol. The molecule has 0 aliphatic rings. The molecule has 362 valence electrons. The fraction of sp³-hybridized carbons (Fsp3) is 0.463. The van der Waals surface area contributed by atoms with Gasteiger partial charge in [0.15, 0.2) is 34.4 Å². The molecule has 6 aromatic rings. The Bertz CT molecular complexity index is 2590. The average molecular weight is 983 g/mol. The Labute approximate surface area is 383 Å². The van der Waals surface area contributed by atoms with Crippen LogP contribution in [0.5, 0.6) is 17.5 Å². The summed E-state index contributed by atoms with van der Waals surface area (Å²) >= 11 is 0. The summed E-state index contributed by atoms with van der Waals surface area (Å²) in [5.74, 6) is -3.24. The molecule has 6 rings (SSSR count). The van der Waals surface area contributed by atoms with E-state index >= 15 is 0 Å². The third kappa shape index (κ3) is 17.2. The smallest absolute Gasteiger partial charge is 0.326 e. The number of aromatic hydroxyl groups is 1. The minimum absolute atomic E-state index is 0.140. The molecule has 0 bridgehead atoms. The zero-order valence-corrected chi connectivity index (χ0v) is 41.0. The number of sulfone groups is 1. The number of hydrogen-bond acceptors (Lipinski definition) is 16. The number of benzene rings is 2. The molecule has 4 aromatic heterocycles. The van der Waals surface area contributed by atoms with Crippen molar-refractivity contribution < 1.29 is 55.5 Å². The van der Waals surface area contributed by atoms with E-state index in [1.165, 1.54) is 22.8 Å². The standard InChI is InChI=1S/C20H27F2N5O3Si.C15H27N5O4SSi.C6H4F2O/c1-13(28)10-23-18-15-11-24-27(12-29-7-4-8-31(2)3)19(15)26-20(25-18)30-17-6-5-14(21)9-16(17)22;1-11(21)8-16-13-12-9-17-20(10-24-6-5-7-26(3)4)14(12)19-15(18-13)25(2,22)23;7-4-1-2-6(9)5(8)3-4/h5-6,9,11,13,28,31H,4,7-8,10,12H2,1-3H3,(H,23,25,26);9,11,21,26H,5-8,10H2,1-4H3,(H,16,18,19);1-3,9H/t13-;11-;/m00./s1. The highest BCUT2D eigenvalue weighted by Gasteiger charge is 2.20. The number of anilines is 2. The van der Waals surface area contributed by atoms with Crippen LogP contribution in [0.15, 0.2) is 53.9 Å². The molecule has 0 radical (unpaired) electrons. The summed E-state index contributed by atoms with van der Waals surface area (Å²) in [5.41, 5.74) is 0.811. The summed E-state index contributed by atoms with van der Waals surface area (Å²) in [6, 6.07) is 7.82. The first-order valence-corrected chi connectivity index (χ1v) is 29.3. The zero-order valence-electron chi connectivity index (χ0n) is 37.9. The Hall–Kier alpha value is -5.32. The van der Waals surface area contributed by atoms with Gasteiger partial charge in [-0.1, -0.05) is 38.3 Å². The Morgan fingerprint density at radius 3 is 1.65 bits per heavy atom. The van der Waals surface area contributed by atoms with Crippen LogP contribution in [-0.2, 0) is 32.8 Å². The summed E-state index contributed by atoms with van der Waals surface area (Å²) < 4.78 is 95.0. The van der Waals surface area contributed by atoms with E-state index in [0.717, 1.165) is 43.4 Å². The number of nitrogens with one attached hydrogen (secondary N) is 2. The van der Waals surface area contributed by atoms with Gasteiger partial charge in [-0.25, -0.2) is 40.3 Å². The number of halogens is 4. The van der Waals surface area contributed by atoms with Crippen molar-refractivity contribution in [3.8, 4) is 17.5 Å². The lowest BCUT2D eigenvalue weighted by atomic mass is 10.3. The normalized spacial score (nSPS) is 12.5. The summed E-state index contributed by atoms with van der Waals surface area (Å²) in [7, 11) is -4.78. The fourth-order valence-electron chi connectivity index (χ4n) is 5.66. The third-order valence-electron chi connectivity index (χ3n) is 8.99. The molecule has 0 unspecified atom stereocenters. The second kappa shape index (κ2) is 25.6. The number of phenols is 1. The first kappa shape index (κ1) is 53.3. The molecule has 18 nitrogen and oxygen atoms in total. The van der Waals surface area contributed by atoms with Gasteiger partial charge in [-0.3, -0.25) is 0 Å². The van der Waals surface area contributed by atoms with Crippen molar-refractivity contribution >= 4 is 61.1 Å². The minimum atomic E-state index is -3.59. The van der Waals surface area contributed by atoms with Gasteiger partial charge in [-0.2, -0.15) is 25.1 Å². The molecule has 0 saturated heterocycles. The quantitative estimate of drug-likeness (QED) is 0.0238. The molecule has 0 fully saturated rings. The van der Waals surface area contributed by atoms with E-state index in [1.807, 2.05) is 0 Å². The van der Waals surface area contributed by atoms with Crippen LogP contribution in [0.4, 0.5) is 29.2 Å². The molecule has 66 heavy (non-hydrogen) atoms. The molecular formula is C41H58F4N10O8SSi2. The summed E-state index contributed by atoms with van der Waals surface area (Å²) in [6.07, 6.45) is 4.99. The van der Waals surface area contributed by atoms with Crippen LogP contribution < -0.4 is 15.4 Å². The Morgan fingerprint density at radius 2 is 1.20 bits per heavy atom. The lowest BCUT2D eigenvalue weighted by Gasteiger charge is -2.12. The van der Waals surface area contributed by atoms with E-state index in [0.29, 0.717) is 53.0 Å². The van der Waals surface area contributed by atoms with Gasteiger partial charge in [-0.05, 0) is 51.0 Å². The fourth-order valence-corrected chi connectivity index (χ4v) is 8.13. The number of rotatable bonds is 21. The molecule has 25 heteroatoms. The van der Waals surface area contributed by atoms with E-state index in [2.05, 4.69) is 67.0 Å². The summed E-state index contributed by atoms with van der Waals surface area (Å²) in [6.45, 7) is 14.6. The molecule has 2 atom stereocenters. The van der Waals surface area contributed by atoms with Gasteiger partial charge in [0.25, 0.3) is 5.16 Å². The maximum Gasteiger partial charge on any atom is 0.326 e. The highest BCUT2D eigenvalue weighted by Crippen LogP contribution is 2.28. The molecule has 4 heterocycles. The van der Waals surface area contributed by atoms with Crippen LogP contribution >= 0.6 is 0 Å². The molecule has 0 aliphatic carbocycles. The number of aliphatic hydroxyl groups is 2. The summed E-state index contributed by atoms with van der Waals surface area (Å²) in [5, 5.41) is 43.0. The van der Waals surface area contributed by atoms with Gasteiger partial charge >= 0.3 is 6.01 Å². The molecule has 0 aliphatic heterocycles. The monoisotopic (exact) mass is 982 g/mol. The van der Waals surface area contributed by atoms with Gasteiger partial charge in [0.1, 0.15) is 36.7 Å². The van der Waals surface area contributed by atoms with Gasteiger partial charge in [0.05, 0.1) is 35.4 Å². The van der Waals surface area contributed by atoms with Crippen molar-refractivity contribution in [2.45, 2.75) is 95.8 Å². The van der Waals surface area contributed by atoms with Crippen molar-refractivity contribution in [2.24, 2.45) is 0 Å².